The molecule has 1 fully saturated rings. The summed E-state index contributed by atoms with van der Waals surface area (Å²) in [6.45, 7) is 6.70. The number of aromatic nitrogens is 2. The Balaban J connectivity index is 1.80. The van der Waals surface area contributed by atoms with Crippen molar-refractivity contribution in [2.24, 2.45) is 5.92 Å². The maximum atomic E-state index is 4.63. The molecular weight excluding hydrogens is 234 g/mol. The van der Waals surface area contributed by atoms with Crippen LogP contribution in [0.2, 0.25) is 0 Å². The molecule has 1 aliphatic heterocycles. The fourth-order valence-electron chi connectivity index (χ4n) is 2.91. The van der Waals surface area contributed by atoms with E-state index in [-0.39, 0.29) is 0 Å². The van der Waals surface area contributed by atoms with Crippen LogP contribution >= 0.6 is 0 Å². The van der Waals surface area contributed by atoms with Gasteiger partial charge in [-0.2, -0.15) is 0 Å². The monoisotopic (exact) mass is 257 g/mol. The maximum Gasteiger partial charge on any atom is 0.109 e. The molecule has 1 saturated heterocycles. The number of rotatable bonds is 3. The zero-order valence-electron chi connectivity index (χ0n) is 11.9. The molecule has 0 radical (unpaired) electrons. The van der Waals surface area contributed by atoms with E-state index in [4.69, 9.17) is 0 Å². The first-order valence-corrected chi connectivity index (χ1v) is 7.41. The molecule has 0 amide bonds. The number of fused-ring (bicyclic) bond motifs is 1. The van der Waals surface area contributed by atoms with Crippen molar-refractivity contribution >= 4 is 11.0 Å². The number of benzene rings is 1. The fraction of sp³-hybridized carbons (Fsp3) is 0.562. The molecule has 1 aliphatic rings. The highest BCUT2D eigenvalue weighted by molar-refractivity contribution is 5.76. The van der Waals surface area contributed by atoms with Gasteiger partial charge in [0.25, 0.3) is 0 Å². The van der Waals surface area contributed by atoms with Crippen LogP contribution in [0.5, 0.6) is 0 Å². The van der Waals surface area contributed by atoms with Crippen molar-refractivity contribution in [3.8, 4) is 0 Å². The summed E-state index contributed by atoms with van der Waals surface area (Å²) in [6, 6.07) is 6.67. The summed E-state index contributed by atoms with van der Waals surface area (Å²) in [4.78, 5) is 8.08. The lowest BCUT2D eigenvalue weighted by Gasteiger charge is -2.22. The highest BCUT2D eigenvalue weighted by Crippen LogP contribution is 2.21. The van der Waals surface area contributed by atoms with Gasteiger partial charge in [-0.1, -0.05) is 19.9 Å². The Morgan fingerprint density at radius 3 is 3.00 bits per heavy atom. The zero-order valence-corrected chi connectivity index (χ0v) is 11.9. The van der Waals surface area contributed by atoms with E-state index < -0.39 is 0 Å². The number of H-pyrrole nitrogens is 1. The van der Waals surface area contributed by atoms with E-state index in [1.165, 1.54) is 36.9 Å². The van der Waals surface area contributed by atoms with Crippen molar-refractivity contribution in [2.75, 3.05) is 13.1 Å². The summed E-state index contributed by atoms with van der Waals surface area (Å²) in [6.07, 6.45) is 3.85. The van der Waals surface area contributed by atoms with E-state index in [2.05, 4.69) is 47.3 Å². The molecular formula is C16H23N3. The summed E-state index contributed by atoms with van der Waals surface area (Å²) in [5, 5.41) is 3.49. The molecule has 3 rings (SSSR count). The first-order valence-electron chi connectivity index (χ1n) is 7.41. The molecule has 1 aromatic carbocycles. The topological polar surface area (TPSA) is 40.7 Å². The second-order valence-corrected chi connectivity index (χ2v) is 6.04. The van der Waals surface area contributed by atoms with E-state index in [1.54, 1.807) is 0 Å². The smallest absolute Gasteiger partial charge is 0.109 e. The van der Waals surface area contributed by atoms with Gasteiger partial charge in [-0.15, -0.1) is 0 Å². The molecule has 0 saturated carbocycles. The van der Waals surface area contributed by atoms with Crippen LogP contribution in [0.25, 0.3) is 11.0 Å². The molecule has 2 heterocycles. The molecule has 1 unspecified atom stereocenters. The Hall–Kier alpha value is -1.35. The van der Waals surface area contributed by atoms with Crippen LogP contribution in [0.1, 0.15) is 44.0 Å². The molecule has 0 bridgehead atoms. The predicted molar refractivity (Wildman–Crippen MR) is 79.5 cm³/mol. The second-order valence-electron chi connectivity index (χ2n) is 6.04. The summed E-state index contributed by atoms with van der Waals surface area (Å²) in [7, 11) is 0. The minimum absolute atomic E-state index is 0.457. The number of nitrogens with zero attached hydrogens (tertiary/aromatic N) is 1. The molecule has 102 valence electrons. The van der Waals surface area contributed by atoms with Crippen molar-refractivity contribution in [3.63, 3.8) is 0 Å². The van der Waals surface area contributed by atoms with Gasteiger partial charge in [-0.25, -0.2) is 4.98 Å². The van der Waals surface area contributed by atoms with Crippen LogP contribution in [0.15, 0.2) is 18.2 Å². The van der Waals surface area contributed by atoms with Gasteiger partial charge in [-0.3, -0.25) is 0 Å². The molecule has 1 aromatic heterocycles. The predicted octanol–water partition coefficient (Wildman–Crippen LogP) is 3.23. The van der Waals surface area contributed by atoms with Crippen LogP contribution in [-0.4, -0.2) is 23.1 Å². The number of hydrogen-bond donors (Lipinski definition) is 2. The Kier molecular flexibility index (Phi) is 3.56. The van der Waals surface area contributed by atoms with Crippen LogP contribution in [-0.2, 0) is 6.42 Å². The second kappa shape index (κ2) is 5.33. The van der Waals surface area contributed by atoms with Gasteiger partial charge in [-0.05, 0) is 56.0 Å². The van der Waals surface area contributed by atoms with Crippen LogP contribution in [0.3, 0.4) is 0 Å². The van der Waals surface area contributed by atoms with Crippen LogP contribution < -0.4 is 5.32 Å². The largest absolute Gasteiger partial charge is 0.342 e. The molecule has 0 spiro atoms. The summed E-state index contributed by atoms with van der Waals surface area (Å²) >= 11 is 0. The minimum Gasteiger partial charge on any atom is -0.342 e. The average Bonchev–Trinajstić information content (AvgIpc) is 2.83. The lowest BCUT2D eigenvalue weighted by atomic mass is 9.92. The standard InChI is InChI=1S/C16H23N3/c1-11(2)16-18-14-6-5-12(9-15(14)19-16)8-13-4-3-7-17-10-13/h5-6,9,11,13,17H,3-4,7-8,10H2,1-2H3,(H,18,19). The zero-order chi connectivity index (χ0) is 13.2. The number of imidazole rings is 1. The van der Waals surface area contributed by atoms with Gasteiger partial charge < -0.3 is 10.3 Å². The van der Waals surface area contributed by atoms with Crippen LogP contribution in [0.4, 0.5) is 0 Å². The molecule has 3 heteroatoms. The summed E-state index contributed by atoms with van der Waals surface area (Å²) in [5.74, 6) is 2.34. The molecule has 2 N–H and O–H groups in total. The average molecular weight is 257 g/mol. The van der Waals surface area contributed by atoms with Crippen molar-refractivity contribution in [1.29, 1.82) is 0 Å². The van der Waals surface area contributed by atoms with Crippen molar-refractivity contribution in [3.05, 3.63) is 29.6 Å². The van der Waals surface area contributed by atoms with Gasteiger partial charge in [0.15, 0.2) is 0 Å². The lowest BCUT2D eigenvalue weighted by Crippen LogP contribution is -2.30. The van der Waals surface area contributed by atoms with Gasteiger partial charge in [0.1, 0.15) is 5.82 Å². The van der Waals surface area contributed by atoms with Crippen LogP contribution in [0, 0.1) is 5.92 Å². The van der Waals surface area contributed by atoms with Gasteiger partial charge in [0.05, 0.1) is 11.0 Å². The van der Waals surface area contributed by atoms with Crippen molar-refractivity contribution < 1.29 is 0 Å². The molecule has 0 aliphatic carbocycles. The van der Waals surface area contributed by atoms with E-state index in [0.29, 0.717) is 5.92 Å². The highest BCUT2D eigenvalue weighted by Gasteiger charge is 2.14. The Bertz CT molecular complexity index is 550. The first-order chi connectivity index (χ1) is 9.22. The SMILES string of the molecule is CC(C)c1nc2ccc(CC3CCCNC3)cc2[nH]1. The summed E-state index contributed by atoms with van der Waals surface area (Å²) in [5.41, 5.74) is 3.71. The third-order valence-electron chi connectivity index (χ3n) is 4.03. The van der Waals surface area contributed by atoms with Gasteiger partial charge in [0, 0.05) is 5.92 Å². The third kappa shape index (κ3) is 2.81. The lowest BCUT2D eigenvalue weighted by molar-refractivity contribution is 0.376. The molecule has 3 nitrogen and oxygen atoms in total. The Labute approximate surface area is 114 Å². The normalized spacial score (nSPS) is 20.3. The molecule has 19 heavy (non-hydrogen) atoms. The minimum atomic E-state index is 0.457. The summed E-state index contributed by atoms with van der Waals surface area (Å²) < 4.78 is 0. The number of piperidine rings is 1. The van der Waals surface area contributed by atoms with Crippen molar-refractivity contribution in [2.45, 2.75) is 39.0 Å². The van der Waals surface area contributed by atoms with Gasteiger partial charge in [0.2, 0.25) is 0 Å². The third-order valence-corrected chi connectivity index (χ3v) is 4.03. The van der Waals surface area contributed by atoms with Gasteiger partial charge >= 0.3 is 0 Å². The van der Waals surface area contributed by atoms with E-state index in [1.807, 2.05) is 0 Å². The number of hydrogen-bond acceptors (Lipinski definition) is 2. The number of nitrogens with one attached hydrogen (secondary N) is 2. The molecule has 1 atom stereocenters. The highest BCUT2D eigenvalue weighted by atomic mass is 14.9. The van der Waals surface area contributed by atoms with Crippen molar-refractivity contribution in [1.82, 2.24) is 15.3 Å². The Morgan fingerprint density at radius 2 is 2.26 bits per heavy atom. The molecule has 2 aromatic rings. The fourth-order valence-corrected chi connectivity index (χ4v) is 2.91. The maximum absolute atomic E-state index is 4.63. The first kappa shape index (κ1) is 12.7. The van der Waals surface area contributed by atoms with E-state index >= 15 is 0 Å². The van der Waals surface area contributed by atoms with E-state index in [9.17, 15) is 0 Å². The quantitative estimate of drug-likeness (QED) is 0.886. The number of aromatic amines is 1. The van der Waals surface area contributed by atoms with E-state index in [0.717, 1.165) is 23.8 Å². The Morgan fingerprint density at radius 1 is 1.37 bits per heavy atom.